The van der Waals surface area contributed by atoms with Crippen molar-refractivity contribution in [2.45, 2.75) is 19.4 Å². The zero-order valence-electron chi connectivity index (χ0n) is 8.66. The second kappa shape index (κ2) is 4.00. The molecule has 5 heteroatoms. The largest absolute Gasteiger partial charge is 0.382 e. The van der Waals surface area contributed by atoms with Crippen LogP contribution >= 0.6 is 15.9 Å². The van der Waals surface area contributed by atoms with E-state index in [0.29, 0.717) is 0 Å². The molecule has 1 rings (SSSR count). The highest BCUT2D eigenvalue weighted by Crippen LogP contribution is 2.33. The van der Waals surface area contributed by atoms with E-state index in [4.69, 9.17) is 5.73 Å². The maximum atomic E-state index is 10.4. The summed E-state index contributed by atoms with van der Waals surface area (Å²) in [5.41, 5.74) is 5.33. The number of aromatic nitrogens is 2. The highest BCUT2D eigenvalue weighted by Gasteiger charge is 2.36. The number of aryl methyl sites for hydroxylation is 1. The first-order chi connectivity index (χ1) is 6.43. The van der Waals surface area contributed by atoms with Gasteiger partial charge >= 0.3 is 0 Å². The smallest absolute Gasteiger partial charge is 0.122 e. The minimum absolute atomic E-state index is 0.0409. The Labute approximate surface area is 92.2 Å². The van der Waals surface area contributed by atoms with E-state index in [1.807, 2.05) is 13.8 Å². The first kappa shape index (κ1) is 11.7. The molecule has 1 atom stereocenters. The quantitative estimate of drug-likeness (QED) is 0.853. The molecule has 0 radical (unpaired) electrons. The average Bonchev–Trinajstić information content (AvgIpc) is 2.45. The molecule has 0 aliphatic heterocycles. The molecule has 1 aromatic heterocycles. The van der Waals surface area contributed by atoms with E-state index in [0.717, 1.165) is 10.2 Å². The van der Waals surface area contributed by atoms with Crippen molar-refractivity contribution in [3.05, 3.63) is 16.4 Å². The molecule has 0 spiro atoms. The van der Waals surface area contributed by atoms with Gasteiger partial charge in [0.15, 0.2) is 0 Å². The third kappa shape index (κ3) is 1.71. The van der Waals surface area contributed by atoms with Gasteiger partial charge in [-0.15, -0.1) is 0 Å². The Morgan fingerprint density at radius 2 is 2.29 bits per heavy atom. The number of halogens is 1. The van der Waals surface area contributed by atoms with E-state index in [9.17, 15) is 5.11 Å². The highest BCUT2D eigenvalue weighted by atomic mass is 79.9. The molecule has 0 amide bonds. The Morgan fingerprint density at radius 3 is 2.57 bits per heavy atom. The molecule has 0 aromatic carbocycles. The lowest BCUT2D eigenvalue weighted by atomic mass is 9.87. The standard InChI is InChI=1S/C9H16BrN3O/c1-6(2)9(14,5-11)8-7(10)4-12-13(8)3/h4,6,14H,5,11H2,1-3H3. The van der Waals surface area contributed by atoms with Crippen LogP contribution in [0.1, 0.15) is 19.5 Å². The van der Waals surface area contributed by atoms with Crippen molar-refractivity contribution >= 4 is 15.9 Å². The molecular formula is C9H16BrN3O. The van der Waals surface area contributed by atoms with Crippen molar-refractivity contribution in [1.29, 1.82) is 0 Å². The first-order valence-corrected chi connectivity index (χ1v) is 5.33. The molecule has 0 aliphatic rings. The number of hydrogen-bond acceptors (Lipinski definition) is 3. The zero-order valence-corrected chi connectivity index (χ0v) is 10.2. The SMILES string of the molecule is CC(C)C(O)(CN)c1c(Br)cnn1C. The molecule has 1 heterocycles. The van der Waals surface area contributed by atoms with Crippen molar-refractivity contribution in [1.82, 2.24) is 9.78 Å². The molecule has 0 aliphatic carbocycles. The third-order valence-electron chi connectivity index (χ3n) is 2.57. The fraction of sp³-hybridized carbons (Fsp3) is 0.667. The summed E-state index contributed by atoms with van der Waals surface area (Å²) in [5.74, 6) is 0.0409. The van der Waals surface area contributed by atoms with Gasteiger partial charge in [-0.1, -0.05) is 13.8 Å². The van der Waals surface area contributed by atoms with Gasteiger partial charge in [0.25, 0.3) is 0 Å². The van der Waals surface area contributed by atoms with Crippen LogP contribution in [0.2, 0.25) is 0 Å². The number of nitrogens with zero attached hydrogens (tertiary/aromatic N) is 2. The predicted octanol–water partition coefficient (Wildman–Crippen LogP) is 0.985. The van der Waals surface area contributed by atoms with E-state index < -0.39 is 5.60 Å². The lowest BCUT2D eigenvalue weighted by Gasteiger charge is -2.31. The summed E-state index contributed by atoms with van der Waals surface area (Å²) in [6, 6.07) is 0. The molecule has 0 bridgehead atoms. The van der Waals surface area contributed by atoms with Crippen molar-refractivity contribution in [3.63, 3.8) is 0 Å². The molecule has 14 heavy (non-hydrogen) atoms. The molecule has 0 fully saturated rings. The van der Waals surface area contributed by atoms with E-state index >= 15 is 0 Å². The van der Waals surface area contributed by atoms with E-state index in [1.54, 1.807) is 17.9 Å². The van der Waals surface area contributed by atoms with Gasteiger partial charge in [-0.2, -0.15) is 5.10 Å². The number of hydrogen-bond donors (Lipinski definition) is 2. The average molecular weight is 262 g/mol. The fourth-order valence-electron chi connectivity index (χ4n) is 1.50. The monoisotopic (exact) mass is 261 g/mol. The Kier molecular flexibility index (Phi) is 3.34. The van der Waals surface area contributed by atoms with Crippen molar-refractivity contribution in [3.8, 4) is 0 Å². The fourth-order valence-corrected chi connectivity index (χ4v) is 2.20. The van der Waals surface area contributed by atoms with Crippen LogP contribution in [0.5, 0.6) is 0 Å². The highest BCUT2D eigenvalue weighted by molar-refractivity contribution is 9.10. The van der Waals surface area contributed by atoms with Gasteiger partial charge in [0.2, 0.25) is 0 Å². The van der Waals surface area contributed by atoms with Crippen LogP contribution in [0.3, 0.4) is 0 Å². The summed E-state index contributed by atoms with van der Waals surface area (Å²) in [5, 5.41) is 14.5. The third-order valence-corrected chi connectivity index (χ3v) is 3.15. The topological polar surface area (TPSA) is 64.1 Å². The summed E-state index contributed by atoms with van der Waals surface area (Å²) >= 11 is 3.36. The number of aliphatic hydroxyl groups is 1. The Bertz CT molecular complexity index is 304. The Balaban J connectivity index is 3.25. The predicted molar refractivity (Wildman–Crippen MR) is 58.7 cm³/mol. The second-order valence-electron chi connectivity index (χ2n) is 3.75. The van der Waals surface area contributed by atoms with Crippen LogP contribution in [0.25, 0.3) is 0 Å². The summed E-state index contributed by atoms with van der Waals surface area (Å²) in [6.45, 7) is 4.06. The van der Waals surface area contributed by atoms with E-state index in [-0.39, 0.29) is 12.5 Å². The minimum Gasteiger partial charge on any atom is -0.382 e. The Morgan fingerprint density at radius 1 is 1.71 bits per heavy atom. The molecule has 80 valence electrons. The van der Waals surface area contributed by atoms with Gasteiger partial charge in [0.05, 0.1) is 16.4 Å². The summed E-state index contributed by atoms with van der Waals surface area (Å²) in [6.07, 6.45) is 1.67. The molecule has 3 N–H and O–H groups in total. The van der Waals surface area contributed by atoms with Crippen LogP contribution in [-0.4, -0.2) is 21.4 Å². The lowest BCUT2D eigenvalue weighted by molar-refractivity contribution is -0.00927. The maximum Gasteiger partial charge on any atom is 0.122 e. The van der Waals surface area contributed by atoms with Gasteiger partial charge in [0.1, 0.15) is 5.60 Å². The summed E-state index contributed by atoms with van der Waals surface area (Å²) in [4.78, 5) is 0. The van der Waals surface area contributed by atoms with Gasteiger partial charge < -0.3 is 10.8 Å². The van der Waals surface area contributed by atoms with Crippen LogP contribution in [0.4, 0.5) is 0 Å². The van der Waals surface area contributed by atoms with Gasteiger partial charge in [-0.05, 0) is 21.8 Å². The molecular weight excluding hydrogens is 246 g/mol. The van der Waals surface area contributed by atoms with Crippen LogP contribution < -0.4 is 5.73 Å². The van der Waals surface area contributed by atoms with Crippen LogP contribution in [0, 0.1) is 5.92 Å². The van der Waals surface area contributed by atoms with Gasteiger partial charge in [0, 0.05) is 13.6 Å². The van der Waals surface area contributed by atoms with Crippen molar-refractivity contribution in [2.75, 3.05) is 6.54 Å². The van der Waals surface area contributed by atoms with E-state index in [2.05, 4.69) is 21.0 Å². The minimum atomic E-state index is -1.02. The number of rotatable bonds is 3. The Hall–Kier alpha value is -0.390. The van der Waals surface area contributed by atoms with Gasteiger partial charge in [-0.3, -0.25) is 4.68 Å². The van der Waals surface area contributed by atoms with Crippen molar-refractivity contribution in [2.24, 2.45) is 18.7 Å². The van der Waals surface area contributed by atoms with Gasteiger partial charge in [-0.25, -0.2) is 0 Å². The maximum absolute atomic E-state index is 10.4. The van der Waals surface area contributed by atoms with Crippen molar-refractivity contribution < 1.29 is 5.11 Å². The zero-order chi connectivity index (χ0) is 10.9. The second-order valence-corrected chi connectivity index (χ2v) is 4.60. The molecule has 0 saturated carbocycles. The molecule has 1 aromatic rings. The lowest BCUT2D eigenvalue weighted by Crippen LogP contribution is -2.41. The van der Waals surface area contributed by atoms with E-state index in [1.165, 1.54) is 0 Å². The molecule has 0 saturated heterocycles. The first-order valence-electron chi connectivity index (χ1n) is 4.54. The molecule has 1 unspecified atom stereocenters. The summed E-state index contributed by atoms with van der Waals surface area (Å²) in [7, 11) is 1.79. The molecule has 4 nitrogen and oxygen atoms in total. The van der Waals surface area contributed by atoms with Crippen LogP contribution in [0.15, 0.2) is 10.7 Å². The summed E-state index contributed by atoms with van der Waals surface area (Å²) < 4.78 is 2.44. The normalized spacial score (nSPS) is 15.9. The van der Waals surface area contributed by atoms with Crippen LogP contribution in [-0.2, 0) is 12.6 Å². The number of nitrogens with two attached hydrogens (primary N) is 1.